The number of amides is 1. The molecule has 0 aliphatic rings. The number of pyridine rings is 1. The number of methoxy groups -OCH3 is 1. The Labute approximate surface area is 183 Å². The van der Waals surface area contributed by atoms with E-state index in [1.807, 2.05) is 49.4 Å². The largest absolute Gasteiger partial charge is 0.496 e. The number of carbonyl (C=O) groups excluding carboxylic acids is 1. The highest BCUT2D eigenvalue weighted by Crippen LogP contribution is 2.34. The molecule has 0 unspecified atom stereocenters. The van der Waals surface area contributed by atoms with Crippen molar-refractivity contribution in [3.05, 3.63) is 82.6 Å². The van der Waals surface area contributed by atoms with E-state index in [4.69, 9.17) is 16.3 Å². The Morgan fingerprint density at radius 2 is 2.03 bits per heavy atom. The van der Waals surface area contributed by atoms with Crippen LogP contribution in [0.3, 0.4) is 0 Å². The van der Waals surface area contributed by atoms with Gasteiger partial charge in [0, 0.05) is 12.4 Å². The summed E-state index contributed by atoms with van der Waals surface area (Å²) in [6.45, 7) is 2.36. The van der Waals surface area contributed by atoms with Crippen molar-refractivity contribution in [2.45, 2.75) is 19.9 Å². The number of rotatable bonds is 6. The van der Waals surface area contributed by atoms with E-state index in [0.717, 1.165) is 27.1 Å². The molecule has 0 N–H and O–H groups in total. The van der Waals surface area contributed by atoms with Crippen LogP contribution in [0.2, 0.25) is 5.02 Å². The van der Waals surface area contributed by atoms with Gasteiger partial charge in [-0.1, -0.05) is 47.2 Å². The summed E-state index contributed by atoms with van der Waals surface area (Å²) < 4.78 is 6.27. The summed E-state index contributed by atoms with van der Waals surface area (Å²) in [5.74, 6) is 0.762. The highest BCUT2D eigenvalue weighted by Gasteiger charge is 2.21. The van der Waals surface area contributed by atoms with Crippen LogP contribution >= 0.6 is 22.9 Å². The van der Waals surface area contributed by atoms with Crippen molar-refractivity contribution in [1.29, 1.82) is 0 Å². The maximum Gasteiger partial charge on any atom is 0.233 e. The second-order valence-electron chi connectivity index (χ2n) is 6.90. The zero-order chi connectivity index (χ0) is 21.1. The number of aryl methyl sites for hydroxylation is 1. The molecule has 0 aliphatic carbocycles. The van der Waals surface area contributed by atoms with Crippen molar-refractivity contribution in [3.8, 4) is 5.75 Å². The summed E-state index contributed by atoms with van der Waals surface area (Å²) in [6, 6.07) is 15.3. The van der Waals surface area contributed by atoms with Gasteiger partial charge in [0.1, 0.15) is 11.3 Å². The van der Waals surface area contributed by atoms with Gasteiger partial charge in [-0.25, -0.2) is 4.98 Å². The van der Waals surface area contributed by atoms with Gasteiger partial charge >= 0.3 is 0 Å². The number of carbonyl (C=O) groups is 1. The molecule has 0 aliphatic heterocycles. The van der Waals surface area contributed by atoms with E-state index < -0.39 is 0 Å². The number of halogens is 1. The summed E-state index contributed by atoms with van der Waals surface area (Å²) in [4.78, 5) is 23.9. The summed E-state index contributed by atoms with van der Waals surface area (Å²) in [5.41, 5.74) is 3.56. The molecule has 0 saturated carbocycles. The third kappa shape index (κ3) is 4.30. The Balaban J connectivity index is 1.68. The first kappa shape index (κ1) is 20.3. The van der Waals surface area contributed by atoms with E-state index >= 15 is 0 Å². The fourth-order valence-electron chi connectivity index (χ4n) is 3.28. The maximum atomic E-state index is 13.4. The quantitative estimate of drug-likeness (QED) is 0.403. The number of thiazole rings is 1. The van der Waals surface area contributed by atoms with Crippen molar-refractivity contribution in [2.75, 3.05) is 12.0 Å². The van der Waals surface area contributed by atoms with Gasteiger partial charge < -0.3 is 4.74 Å². The molecular weight excluding hydrogens is 418 g/mol. The minimum atomic E-state index is -0.0430. The molecule has 5 nitrogen and oxygen atoms in total. The predicted molar refractivity (Wildman–Crippen MR) is 121 cm³/mol. The maximum absolute atomic E-state index is 13.4. The topological polar surface area (TPSA) is 55.3 Å². The summed E-state index contributed by atoms with van der Waals surface area (Å²) in [5, 5.41) is 1.20. The van der Waals surface area contributed by atoms with Crippen molar-refractivity contribution < 1.29 is 9.53 Å². The lowest BCUT2D eigenvalue weighted by molar-refractivity contribution is -0.118. The highest BCUT2D eigenvalue weighted by atomic mass is 35.5. The van der Waals surface area contributed by atoms with Crippen LogP contribution in [0, 0.1) is 6.92 Å². The van der Waals surface area contributed by atoms with Gasteiger partial charge in [0.2, 0.25) is 5.91 Å². The van der Waals surface area contributed by atoms with Crippen LogP contribution in [0.25, 0.3) is 10.2 Å². The second-order valence-corrected chi connectivity index (χ2v) is 8.32. The molecule has 30 heavy (non-hydrogen) atoms. The van der Waals surface area contributed by atoms with E-state index in [1.54, 1.807) is 30.5 Å². The van der Waals surface area contributed by atoms with E-state index in [0.29, 0.717) is 22.2 Å². The van der Waals surface area contributed by atoms with E-state index in [-0.39, 0.29) is 12.3 Å². The van der Waals surface area contributed by atoms with Gasteiger partial charge in [-0.2, -0.15) is 0 Å². The number of nitrogens with zero attached hydrogens (tertiary/aromatic N) is 3. The third-order valence-electron chi connectivity index (χ3n) is 4.77. The molecule has 7 heteroatoms. The molecule has 2 aromatic carbocycles. The number of anilines is 1. The van der Waals surface area contributed by atoms with Gasteiger partial charge in [-0.15, -0.1) is 0 Å². The summed E-state index contributed by atoms with van der Waals surface area (Å²) >= 11 is 7.77. The fraction of sp³-hybridized carbons (Fsp3) is 0.174. The molecule has 0 atom stereocenters. The van der Waals surface area contributed by atoms with Crippen molar-refractivity contribution in [3.63, 3.8) is 0 Å². The van der Waals surface area contributed by atoms with Crippen LogP contribution in [0.15, 0.2) is 60.9 Å². The lowest BCUT2D eigenvalue weighted by Crippen LogP contribution is -2.31. The molecule has 0 saturated heterocycles. The average Bonchev–Trinajstić information content (AvgIpc) is 3.18. The smallest absolute Gasteiger partial charge is 0.233 e. The summed E-state index contributed by atoms with van der Waals surface area (Å²) in [7, 11) is 1.64. The molecule has 0 spiro atoms. The van der Waals surface area contributed by atoms with Gasteiger partial charge in [-0.3, -0.25) is 14.7 Å². The highest BCUT2D eigenvalue weighted by molar-refractivity contribution is 7.22. The predicted octanol–water partition coefficient (Wildman–Crippen LogP) is 5.44. The molecule has 2 heterocycles. The Morgan fingerprint density at radius 3 is 2.73 bits per heavy atom. The Kier molecular flexibility index (Phi) is 5.97. The van der Waals surface area contributed by atoms with E-state index in [2.05, 4.69) is 9.97 Å². The standard InChI is InChI=1S/C23H20ClN3O2S/c1-15-11-16(8-9-19(15)29-2)12-21(28)27(14-17-5-4-10-25-13-17)23-26-22-18(24)6-3-7-20(22)30-23/h3-11,13H,12,14H2,1-2H3. The van der Waals surface area contributed by atoms with Gasteiger partial charge in [0.25, 0.3) is 0 Å². The van der Waals surface area contributed by atoms with Crippen molar-refractivity contribution in [2.24, 2.45) is 0 Å². The number of benzene rings is 2. The van der Waals surface area contributed by atoms with Crippen LogP contribution < -0.4 is 9.64 Å². The van der Waals surface area contributed by atoms with Crippen molar-refractivity contribution >= 4 is 44.2 Å². The number of fused-ring (bicyclic) bond motifs is 1. The number of ether oxygens (including phenoxy) is 1. The van der Waals surface area contributed by atoms with Crippen LogP contribution in [0.4, 0.5) is 5.13 Å². The molecule has 1 amide bonds. The first-order valence-corrected chi connectivity index (χ1v) is 10.6. The number of para-hydroxylation sites is 1. The zero-order valence-corrected chi connectivity index (χ0v) is 18.2. The van der Waals surface area contributed by atoms with Gasteiger partial charge in [-0.05, 0) is 47.9 Å². The molecule has 4 aromatic rings. The molecule has 0 fully saturated rings. The number of aromatic nitrogens is 2. The molecule has 2 aromatic heterocycles. The SMILES string of the molecule is COc1ccc(CC(=O)N(Cc2cccnc2)c2nc3c(Cl)cccc3s2)cc1C. The van der Waals surface area contributed by atoms with Gasteiger partial charge in [0.05, 0.1) is 29.8 Å². The first-order valence-electron chi connectivity index (χ1n) is 9.43. The Hall–Kier alpha value is -2.96. The Morgan fingerprint density at radius 1 is 1.17 bits per heavy atom. The molecule has 0 radical (unpaired) electrons. The van der Waals surface area contributed by atoms with Crippen LogP contribution in [-0.2, 0) is 17.8 Å². The number of hydrogen-bond acceptors (Lipinski definition) is 5. The van der Waals surface area contributed by atoms with E-state index in [9.17, 15) is 4.79 Å². The normalized spacial score (nSPS) is 10.9. The third-order valence-corrected chi connectivity index (χ3v) is 6.12. The van der Waals surface area contributed by atoms with Crippen LogP contribution in [0.5, 0.6) is 5.75 Å². The fourth-order valence-corrected chi connectivity index (χ4v) is 4.56. The molecule has 0 bridgehead atoms. The lowest BCUT2D eigenvalue weighted by atomic mass is 10.1. The summed E-state index contributed by atoms with van der Waals surface area (Å²) in [6.07, 6.45) is 3.74. The lowest BCUT2D eigenvalue weighted by Gasteiger charge is -2.20. The monoisotopic (exact) mass is 437 g/mol. The molecule has 152 valence electrons. The second kappa shape index (κ2) is 8.81. The Bertz CT molecular complexity index is 1190. The number of hydrogen-bond donors (Lipinski definition) is 0. The van der Waals surface area contributed by atoms with E-state index in [1.165, 1.54) is 11.3 Å². The molecular formula is C23H20ClN3O2S. The minimum absolute atomic E-state index is 0.0430. The first-order chi connectivity index (χ1) is 14.5. The zero-order valence-electron chi connectivity index (χ0n) is 16.6. The van der Waals surface area contributed by atoms with Crippen LogP contribution in [-0.4, -0.2) is 23.0 Å². The minimum Gasteiger partial charge on any atom is -0.496 e. The molecule has 4 rings (SSSR count). The van der Waals surface area contributed by atoms with Crippen molar-refractivity contribution in [1.82, 2.24) is 9.97 Å². The van der Waals surface area contributed by atoms with Gasteiger partial charge in [0.15, 0.2) is 5.13 Å². The van der Waals surface area contributed by atoms with Crippen LogP contribution in [0.1, 0.15) is 16.7 Å². The average molecular weight is 438 g/mol.